The highest BCUT2D eigenvalue weighted by atomic mass is 16.7. The first kappa shape index (κ1) is 19.8. The lowest BCUT2D eigenvalue weighted by Gasteiger charge is -2.43. The van der Waals surface area contributed by atoms with Crippen LogP contribution in [0.5, 0.6) is 11.5 Å². The highest BCUT2D eigenvalue weighted by molar-refractivity contribution is 6.01. The third-order valence-electron chi connectivity index (χ3n) is 7.89. The van der Waals surface area contributed by atoms with E-state index in [1.165, 1.54) is 6.26 Å². The van der Waals surface area contributed by atoms with E-state index in [9.17, 15) is 14.4 Å². The largest absolute Gasteiger partial charge is 0.467 e. The summed E-state index contributed by atoms with van der Waals surface area (Å²) in [7, 11) is 0. The van der Waals surface area contributed by atoms with Crippen molar-refractivity contribution in [2.45, 2.75) is 37.1 Å². The molecule has 5 aliphatic rings. The van der Waals surface area contributed by atoms with Crippen molar-refractivity contribution in [3.63, 3.8) is 0 Å². The van der Waals surface area contributed by atoms with Crippen molar-refractivity contribution < 1.29 is 33.0 Å². The Labute approximate surface area is 194 Å². The van der Waals surface area contributed by atoms with Crippen molar-refractivity contribution in [2.24, 2.45) is 17.8 Å². The summed E-state index contributed by atoms with van der Waals surface area (Å²) in [5, 5.41) is 2.92. The number of benzene rings is 1. The smallest absolute Gasteiger partial charge is 0.231 e. The monoisotopic (exact) mass is 462 g/mol. The molecule has 7 rings (SSSR count). The van der Waals surface area contributed by atoms with Crippen LogP contribution in [-0.2, 0) is 19.1 Å². The van der Waals surface area contributed by atoms with Crippen molar-refractivity contribution >= 4 is 23.3 Å². The lowest BCUT2D eigenvalue weighted by molar-refractivity contribution is -0.147. The quantitative estimate of drug-likeness (QED) is 0.698. The van der Waals surface area contributed by atoms with Crippen molar-refractivity contribution in [2.75, 3.05) is 12.1 Å². The van der Waals surface area contributed by atoms with E-state index in [1.807, 2.05) is 19.1 Å². The van der Waals surface area contributed by atoms with Crippen LogP contribution in [0, 0.1) is 17.8 Å². The Hall–Kier alpha value is -3.59. The molecule has 34 heavy (non-hydrogen) atoms. The van der Waals surface area contributed by atoms with Gasteiger partial charge in [-0.1, -0.05) is 19.1 Å². The third-order valence-corrected chi connectivity index (χ3v) is 7.89. The number of hydrogen-bond acceptors (Lipinski definition) is 7. The van der Waals surface area contributed by atoms with Crippen LogP contribution in [0.1, 0.15) is 25.1 Å². The van der Waals surface area contributed by atoms with Gasteiger partial charge < -0.3 is 28.8 Å². The molecule has 1 N–H and O–H groups in total. The van der Waals surface area contributed by atoms with Crippen molar-refractivity contribution in [1.82, 2.24) is 4.90 Å². The fourth-order valence-electron chi connectivity index (χ4n) is 6.46. The second-order valence-corrected chi connectivity index (χ2v) is 9.54. The summed E-state index contributed by atoms with van der Waals surface area (Å²) in [5.74, 6) is -0.534. The number of anilines is 1. The number of carbonyl (C=O) groups is 3. The molecule has 1 aromatic carbocycles. The molecule has 6 heterocycles. The Bertz CT molecular complexity index is 1250. The molecule has 3 fully saturated rings. The van der Waals surface area contributed by atoms with E-state index in [2.05, 4.69) is 5.32 Å². The van der Waals surface area contributed by atoms with Gasteiger partial charge in [-0.2, -0.15) is 0 Å². The molecule has 2 aromatic rings. The summed E-state index contributed by atoms with van der Waals surface area (Å²) in [6.45, 7) is 1.98. The zero-order valence-electron chi connectivity index (χ0n) is 18.3. The SMILES string of the molecule is C[C@@H]1C(=O)C[C@@H](c2ccco2)N2C(=O)[C@@H]3[C@H](C(=O)Nc4ccc5c(c4)OCO5)[C@@H]4C=C[C@@]3(O4)[C@@H]12. The van der Waals surface area contributed by atoms with Crippen molar-refractivity contribution in [3.8, 4) is 11.5 Å². The topological polar surface area (TPSA) is 107 Å². The molecular formula is C25H22N2O7. The minimum absolute atomic E-state index is 0.0548. The fourth-order valence-corrected chi connectivity index (χ4v) is 6.46. The Kier molecular flexibility index (Phi) is 3.92. The van der Waals surface area contributed by atoms with Crippen LogP contribution < -0.4 is 14.8 Å². The van der Waals surface area contributed by atoms with E-state index in [0.717, 1.165) is 0 Å². The molecular weight excluding hydrogens is 440 g/mol. The van der Waals surface area contributed by atoms with E-state index in [-0.39, 0.29) is 30.8 Å². The van der Waals surface area contributed by atoms with Gasteiger partial charge in [0.05, 0.1) is 36.3 Å². The van der Waals surface area contributed by atoms with Gasteiger partial charge in [0.25, 0.3) is 0 Å². The normalized spacial score (nSPS) is 36.7. The molecule has 9 heteroatoms. The number of carbonyl (C=O) groups excluding carboxylic acids is 3. The van der Waals surface area contributed by atoms with Crippen LogP contribution in [0.3, 0.4) is 0 Å². The second-order valence-electron chi connectivity index (χ2n) is 9.54. The van der Waals surface area contributed by atoms with Crippen molar-refractivity contribution in [1.29, 1.82) is 0 Å². The lowest BCUT2D eigenvalue weighted by atomic mass is 9.70. The molecule has 2 bridgehead atoms. The summed E-state index contributed by atoms with van der Waals surface area (Å²) in [6.07, 6.45) is 4.93. The predicted molar refractivity (Wildman–Crippen MR) is 116 cm³/mol. The van der Waals surface area contributed by atoms with Gasteiger partial charge in [0.2, 0.25) is 18.6 Å². The Morgan fingerprint density at radius 2 is 2.03 bits per heavy atom. The van der Waals surface area contributed by atoms with Gasteiger partial charge in [-0.05, 0) is 24.3 Å². The van der Waals surface area contributed by atoms with Crippen LogP contribution in [0.25, 0.3) is 0 Å². The summed E-state index contributed by atoms with van der Waals surface area (Å²) in [6, 6.07) is 7.69. The second kappa shape index (κ2) is 6.73. The van der Waals surface area contributed by atoms with Gasteiger partial charge >= 0.3 is 0 Å². The zero-order chi connectivity index (χ0) is 23.2. The van der Waals surface area contributed by atoms with Gasteiger partial charge in [-0.15, -0.1) is 0 Å². The molecule has 0 radical (unpaired) electrons. The minimum Gasteiger partial charge on any atom is -0.467 e. The zero-order valence-corrected chi connectivity index (χ0v) is 18.3. The highest BCUT2D eigenvalue weighted by Crippen LogP contribution is 2.60. The number of ether oxygens (including phenoxy) is 3. The molecule has 174 valence electrons. The third kappa shape index (κ3) is 2.45. The molecule has 5 aliphatic heterocycles. The van der Waals surface area contributed by atoms with Crippen LogP contribution in [0.4, 0.5) is 5.69 Å². The molecule has 3 saturated heterocycles. The standard InChI is InChI=1S/C25H22N2O7/c1-12-15(28)10-14(16-3-2-8-31-16)27-22(12)25-7-6-18(34-25)20(21(25)24(27)30)23(29)26-13-4-5-17-19(9-13)33-11-32-17/h2-9,12,14,18,20-22H,10-11H2,1H3,(H,26,29)/t12-,14+,18+,20-,21+,22-,25+/m1/s1. The molecule has 9 nitrogen and oxygen atoms in total. The number of rotatable bonds is 3. The number of fused-ring (bicyclic) bond motifs is 3. The van der Waals surface area contributed by atoms with Gasteiger partial charge in [0, 0.05) is 24.1 Å². The van der Waals surface area contributed by atoms with Crippen LogP contribution in [0.2, 0.25) is 0 Å². The summed E-state index contributed by atoms with van der Waals surface area (Å²) >= 11 is 0. The van der Waals surface area contributed by atoms with E-state index >= 15 is 0 Å². The molecule has 0 unspecified atom stereocenters. The number of nitrogens with zero attached hydrogens (tertiary/aromatic N) is 1. The average Bonchev–Trinajstić information content (AvgIpc) is 3.64. The van der Waals surface area contributed by atoms with E-state index in [1.54, 1.807) is 35.2 Å². The first-order valence-corrected chi connectivity index (χ1v) is 11.4. The molecule has 0 saturated carbocycles. The maximum Gasteiger partial charge on any atom is 0.231 e. The van der Waals surface area contributed by atoms with Crippen LogP contribution in [-0.4, -0.2) is 47.0 Å². The Morgan fingerprint density at radius 1 is 1.18 bits per heavy atom. The van der Waals surface area contributed by atoms with Gasteiger partial charge in [0.1, 0.15) is 17.1 Å². The van der Waals surface area contributed by atoms with E-state index in [0.29, 0.717) is 22.9 Å². The molecule has 0 aliphatic carbocycles. The maximum atomic E-state index is 13.9. The number of amides is 2. The van der Waals surface area contributed by atoms with Gasteiger partial charge in [-0.25, -0.2) is 0 Å². The number of nitrogens with one attached hydrogen (secondary N) is 1. The summed E-state index contributed by atoms with van der Waals surface area (Å²) in [4.78, 5) is 42.2. The summed E-state index contributed by atoms with van der Waals surface area (Å²) < 4.78 is 22.7. The fraction of sp³-hybridized carbons (Fsp3) is 0.400. The Balaban J connectivity index is 1.24. The summed E-state index contributed by atoms with van der Waals surface area (Å²) in [5.41, 5.74) is -0.464. The van der Waals surface area contributed by atoms with Crippen molar-refractivity contribution in [3.05, 3.63) is 54.5 Å². The predicted octanol–water partition coefficient (Wildman–Crippen LogP) is 2.45. The number of ketones is 1. The average molecular weight is 462 g/mol. The van der Waals surface area contributed by atoms with E-state index < -0.39 is 41.5 Å². The molecule has 1 aromatic heterocycles. The number of Topliss-reactive ketones (excluding diaryl/α,β-unsaturated/α-hetero) is 1. The first-order chi connectivity index (χ1) is 16.5. The van der Waals surface area contributed by atoms with Gasteiger partial charge in [-0.3, -0.25) is 14.4 Å². The van der Waals surface area contributed by atoms with E-state index in [4.69, 9.17) is 18.6 Å². The van der Waals surface area contributed by atoms with Crippen LogP contribution >= 0.6 is 0 Å². The maximum absolute atomic E-state index is 13.9. The number of hydrogen-bond donors (Lipinski definition) is 1. The first-order valence-electron chi connectivity index (χ1n) is 11.4. The molecule has 1 spiro atoms. The lowest BCUT2D eigenvalue weighted by Crippen LogP contribution is -2.55. The Morgan fingerprint density at radius 3 is 2.85 bits per heavy atom. The minimum atomic E-state index is -1.01. The number of piperidine rings is 1. The van der Waals surface area contributed by atoms with Crippen LogP contribution in [0.15, 0.2) is 53.2 Å². The van der Waals surface area contributed by atoms with Gasteiger partial charge in [0.15, 0.2) is 11.5 Å². The highest BCUT2D eigenvalue weighted by Gasteiger charge is 2.74. The number of furan rings is 1. The molecule has 2 amide bonds. The molecule has 7 atom stereocenters.